The highest BCUT2D eigenvalue weighted by Crippen LogP contribution is 2.18. The molecule has 0 unspecified atom stereocenters. The molecule has 10 heteroatoms. The van der Waals surface area contributed by atoms with Gasteiger partial charge in [-0.15, -0.1) is 0 Å². The topological polar surface area (TPSA) is 9.23 Å². The average Bonchev–Trinajstić information content (AvgIpc) is 2.65. The highest BCUT2D eigenvalue weighted by atomic mass is 27.2. The largest absolute Gasteiger partial charge is 0.494 e. The Hall–Kier alpha value is -2.57. The zero-order valence-electron chi connectivity index (χ0n) is 14.5. The third-order valence-corrected chi connectivity index (χ3v) is 7.45. The number of halogens is 8. The number of hydrogen-bond acceptors (Lipinski definition) is 1. The first kappa shape index (κ1) is 21.1. The average molecular weight is 432 g/mol. The van der Waals surface area contributed by atoms with E-state index < -0.39 is 79.7 Å². The van der Waals surface area contributed by atoms with Gasteiger partial charge in [0.15, 0.2) is 23.2 Å². The molecule has 29 heavy (non-hydrogen) atoms. The fourth-order valence-electron chi connectivity index (χ4n) is 3.02. The summed E-state index contributed by atoms with van der Waals surface area (Å²) in [6.07, 6.45) is 0. The zero-order chi connectivity index (χ0) is 21.5. The molecule has 0 N–H and O–H groups in total. The first-order valence-electron chi connectivity index (χ1n) is 7.96. The maximum Gasteiger partial charge on any atom is 0.403 e. The second-order valence-electron chi connectivity index (χ2n) is 5.99. The lowest BCUT2D eigenvalue weighted by atomic mass is 10.3. The fraction of sp³-hybridized carbons (Fsp3) is 0.0526. The number of benzene rings is 3. The normalized spacial score (nSPS) is 10.9. The Morgan fingerprint density at radius 3 is 1.55 bits per heavy atom. The van der Waals surface area contributed by atoms with Crippen LogP contribution in [-0.4, -0.2) is 21.3 Å². The summed E-state index contributed by atoms with van der Waals surface area (Å²) in [5.74, 6) is -12.8. The van der Waals surface area contributed by atoms with Gasteiger partial charge in [-0.1, -0.05) is 8.85 Å². The van der Waals surface area contributed by atoms with Crippen LogP contribution < -0.4 is 18.0 Å². The molecule has 3 aromatic carbocycles. The van der Waals surface area contributed by atoms with Gasteiger partial charge in [0.25, 0.3) is 0 Å². The minimum Gasteiger partial charge on any atom is -0.494 e. The van der Waals surface area contributed by atoms with Gasteiger partial charge in [-0.2, -0.15) is 0 Å². The van der Waals surface area contributed by atoms with E-state index in [-0.39, 0.29) is 12.1 Å². The van der Waals surface area contributed by atoms with Gasteiger partial charge in [0.1, 0.15) is 29.1 Å². The Balaban J connectivity index is 2.46. The standard InChI is InChI=1S/C7H5F2O.2C6H2F3.Al/c1-10-7-3-2-5(8)4-6(7)9;2*7-4-1-2-5(8)6(9)3-4;/h2-3H,1H3;2*1,3H;. The Kier molecular flexibility index (Phi) is 5.87. The minimum absolute atomic E-state index is 0.172. The van der Waals surface area contributed by atoms with Crippen molar-refractivity contribution in [3.05, 3.63) is 82.9 Å². The fourth-order valence-corrected chi connectivity index (χ4v) is 6.18. The summed E-state index contributed by atoms with van der Waals surface area (Å²) in [5, 5.41) is 0. The van der Waals surface area contributed by atoms with Crippen molar-refractivity contribution < 1.29 is 39.9 Å². The molecule has 0 aliphatic heterocycles. The second kappa shape index (κ2) is 8.05. The van der Waals surface area contributed by atoms with Crippen molar-refractivity contribution in [3.8, 4) is 5.75 Å². The van der Waals surface area contributed by atoms with Crippen molar-refractivity contribution in [2.24, 2.45) is 0 Å². The van der Waals surface area contributed by atoms with Gasteiger partial charge in [0.2, 0.25) is 0 Å². The lowest BCUT2D eigenvalue weighted by Crippen LogP contribution is -2.57. The maximum absolute atomic E-state index is 14.9. The van der Waals surface area contributed by atoms with Crippen molar-refractivity contribution >= 4 is 27.4 Å². The van der Waals surface area contributed by atoms with Crippen molar-refractivity contribution in [3.63, 3.8) is 0 Å². The lowest BCUT2D eigenvalue weighted by Gasteiger charge is -2.18. The molecule has 0 saturated carbocycles. The van der Waals surface area contributed by atoms with E-state index in [0.29, 0.717) is 18.2 Å². The molecule has 0 bridgehead atoms. The molecule has 0 spiro atoms. The van der Waals surface area contributed by atoms with Crippen LogP contribution in [0.5, 0.6) is 5.75 Å². The van der Waals surface area contributed by atoms with Gasteiger partial charge in [-0.05, 0) is 28.7 Å². The molecule has 0 aromatic heterocycles. The van der Waals surface area contributed by atoms with Crippen LogP contribution in [0.2, 0.25) is 0 Å². The van der Waals surface area contributed by atoms with Gasteiger partial charge in [0.05, 0.1) is 7.11 Å². The van der Waals surface area contributed by atoms with E-state index in [4.69, 9.17) is 4.74 Å². The number of rotatable bonds is 4. The third-order valence-electron chi connectivity index (χ3n) is 4.26. The van der Waals surface area contributed by atoms with Crippen molar-refractivity contribution in [2.45, 2.75) is 0 Å². The number of hydrogen-bond donors (Lipinski definition) is 0. The number of methoxy groups -OCH3 is 1. The molecule has 150 valence electrons. The van der Waals surface area contributed by atoms with Crippen LogP contribution in [0.4, 0.5) is 35.1 Å². The van der Waals surface area contributed by atoms with Crippen LogP contribution in [0.15, 0.2) is 36.4 Å². The van der Waals surface area contributed by atoms with Crippen LogP contribution in [0.3, 0.4) is 0 Å². The SMILES string of the molecule is COc1ccc(F)[c]([Al]([c]2cc(F)cc(F)c2F)[c]2cc(F)cc(F)c2F)c1F. The maximum atomic E-state index is 14.9. The van der Waals surface area contributed by atoms with E-state index in [0.717, 1.165) is 13.2 Å². The summed E-state index contributed by atoms with van der Waals surface area (Å²) in [5.41, 5.74) is 0. The van der Waals surface area contributed by atoms with E-state index in [2.05, 4.69) is 0 Å². The van der Waals surface area contributed by atoms with Gasteiger partial charge >= 0.3 is 14.1 Å². The number of ether oxygens (including phenoxy) is 1. The Labute approximate surface area is 163 Å². The highest BCUT2D eigenvalue weighted by molar-refractivity contribution is 6.95. The molecule has 0 fully saturated rings. The summed E-state index contributed by atoms with van der Waals surface area (Å²) in [6, 6.07) is 2.76. The zero-order valence-corrected chi connectivity index (χ0v) is 15.6. The second-order valence-corrected chi connectivity index (χ2v) is 8.68. The predicted octanol–water partition coefficient (Wildman–Crippen LogP) is 3.32. The summed E-state index contributed by atoms with van der Waals surface area (Å²) >= 11 is -4.16. The first-order valence-corrected chi connectivity index (χ1v) is 9.69. The Morgan fingerprint density at radius 2 is 1.10 bits per heavy atom. The van der Waals surface area contributed by atoms with Crippen molar-refractivity contribution in [1.29, 1.82) is 0 Å². The van der Waals surface area contributed by atoms with Crippen LogP contribution in [0, 0.1) is 46.5 Å². The molecule has 0 saturated heterocycles. The van der Waals surface area contributed by atoms with Gasteiger partial charge in [-0.3, -0.25) is 0 Å². The van der Waals surface area contributed by atoms with Gasteiger partial charge < -0.3 is 4.74 Å². The molecular formula is C19H9AlF8O. The molecule has 0 atom stereocenters. The molecule has 0 heterocycles. The first-order chi connectivity index (χ1) is 13.6. The monoisotopic (exact) mass is 432 g/mol. The lowest BCUT2D eigenvalue weighted by molar-refractivity contribution is 0.386. The summed E-state index contributed by atoms with van der Waals surface area (Å²) < 4.78 is 115. The minimum atomic E-state index is -4.16. The molecule has 1 nitrogen and oxygen atoms in total. The smallest absolute Gasteiger partial charge is 0.403 e. The highest BCUT2D eigenvalue weighted by Gasteiger charge is 2.39. The molecule has 0 aliphatic rings. The molecule has 0 radical (unpaired) electrons. The van der Waals surface area contributed by atoms with Crippen LogP contribution in [0.1, 0.15) is 0 Å². The molecular weight excluding hydrogens is 423 g/mol. The van der Waals surface area contributed by atoms with Crippen molar-refractivity contribution in [1.82, 2.24) is 0 Å². The summed E-state index contributed by atoms with van der Waals surface area (Å²) in [6.45, 7) is 0. The van der Waals surface area contributed by atoms with Crippen LogP contribution in [-0.2, 0) is 0 Å². The third kappa shape index (κ3) is 3.82. The van der Waals surface area contributed by atoms with E-state index in [9.17, 15) is 35.1 Å². The summed E-state index contributed by atoms with van der Waals surface area (Å²) in [7, 11) is 1.03. The van der Waals surface area contributed by atoms with E-state index in [1.54, 1.807) is 0 Å². The van der Waals surface area contributed by atoms with Gasteiger partial charge in [0, 0.05) is 12.1 Å². The molecule has 3 rings (SSSR count). The molecule has 0 amide bonds. The molecule has 3 aromatic rings. The Bertz CT molecular complexity index is 1040. The van der Waals surface area contributed by atoms with E-state index in [1.807, 2.05) is 0 Å². The molecule has 0 aliphatic carbocycles. The van der Waals surface area contributed by atoms with Crippen LogP contribution in [0.25, 0.3) is 0 Å². The van der Waals surface area contributed by atoms with E-state index in [1.165, 1.54) is 0 Å². The summed E-state index contributed by atoms with van der Waals surface area (Å²) in [4.78, 5) is 0. The van der Waals surface area contributed by atoms with Gasteiger partial charge in [-0.25, -0.2) is 35.1 Å². The van der Waals surface area contributed by atoms with Crippen LogP contribution >= 0.6 is 0 Å². The Morgan fingerprint density at radius 1 is 0.621 bits per heavy atom. The van der Waals surface area contributed by atoms with Crippen molar-refractivity contribution in [2.75, 3.05) is 7.11 Å². The quantitative estimate of drug-likeness (QED) is 0.349. The van der Waals surface area contributed by atoms with E-state index >= 15 is 0 Å². The predicted molar refractivity (Wildman–Crippen MR) is 90.2 cm³/mol.